The third-order valence-electron chi connectivity index (χ3n) is 3.71. The zero-order valence-electron chi connectivity index (χ0n) is 10.5. The third kappa shape index (κ3) is 2.91. The smallest absolute Gasteiger partial charge is 0.147 e. The zero-order chi connectivity index (χ0) is 13.2. The Morgan fingerprint density at radius 1 is 1.33 bits per heavy atom. The maximum atomic E-state index is 11.3. The van der Waals surface area contributed by atoms with Gasteiger partial charge in [-0.3, -0.25) is 0 Å². The van der Waals surface area contributed by atoms with Crippen molar-refractivity contribution in [1.29, 1.82) is 5.26 Å². The number of nitrogens with zero attached hydrogens (tertiary/aromatic N) is 1. The van der Waals surface area contributed by atoms with E-state index in [1.54, 1.807) is 0 Å². The van der Waals surface area contributed by atoms with Gasteiger partial charge in [0.1, 0.15) is 9.84 Å². The van der Waals surface area contributed by atoms with Crippen LogP contribution in [0.5, 0.6) is 0 Å². The molecule has 96 valence electrons. The summed E-state index contributed by atoms with van der Waals surface area (Å²) in [4.78, 5) is 0. The molecule has 0 N–H and O–H groups in total. The quantitative estimate of drug-likeness (QED) is 0.839. The molecule has 1 unspecified atom stereocenters. The van der Waals surface area contributed by atoms with Gasteiger partial charge in [0.2, 0.25) is 0 Å². The van der Waals surface area contributed by atoms with E-state index in [2.05, 4.69) is 12.1 Å². The predicted octanol–water partition coefficient (Wildman–Crippen LogP) is 2.12. The van der Waals surface area contributed by atoms with E-state index < -0.39 is 15.3 Å². The second-order valence-electron chi connectivity index (χ2n) is 5.22. The minimum absolute atomic E-state index is 0.0999. The summed E-state index contributed by atoms with van der Waals surface area (Å²) in [6.45, 7) is 0. The second-order valence-corrected chi connectivity index (χ2v) is 7.48. The van der Waals surface area contributed by atoms with Crippen molar-refractivity contribution in [3.63, 3.8) is 0 Å². The number of rotatable bonds is 3. The summed E-state index contributed by atoms with van der Waals surface area (Å²) in [5.41, 5.74) is 1.98. The van der Waals surface area contributed by atoms with Crippen LogP contribution in [0.1, 0.15) is 24.0 Å². The van der Waals surface area contributed by atoms with Crippen LogP contribution >= 0.6 is 0 Å². The van der Waals surface area contributed by atoms with Crippen molar-refractivity contribution < 1.29 is 8.42 Å². The van der Waals surface area contributed by atoms with Crippen LogP contribution in [0.15, 0.2) is 24.3 Å². The summed E-state index contributed by atoms with van der Waals surface area (Å²) in [6, 6.07) is 10.5. The van der Waals surface area contributed by atoms with E-state index in [9.17, 15) is 13.7 Å². The van der Waals surface area contributed by atoms with Crippen molar-refractivity contribution >= 4 is 9.84 Å². The molecule has 1 atom stereocenters. The van der Waals surface area contributed by atoms with E-state index in [1.807, 2.05) is 18.2 Å². The Balaban J connectivity index is 2.20. The Labute approximate surface area is 108 Å². The minimum atomic E-state index is -3.00. The summed E-state index contributed by atoms with van der Waals surface area (Å²) in [7, 11) is -3.00. The lowest BCUT2D eigenvalue weighted by Gasteiger charge is -2.32. The van der Waals surface area contributed by atoms with Gasteiger partial charge in [-0.05, 0) is 36.8 Å². The Hall–Kier alpha value is -1.34. The molecule has 1 aromatic rings. The highest BCUT2D eigenvalue weighted by Crippen LogP contribution is 2.38. The van der Waals surface area contributed by atoms with Crippen LogP contribution in [-0.2, 0) is 22.7 Å². The summed E-state index contributed by atoms with van der Waals surface area (Å²) in [5, 5.41) is 9.42. The molecule has 0 saturated heterocycles. The highest BCUT2D eigenvalue weighted by Gasteiger charge is 2.34. The standard InChI is InChI=1S/C14H17NO2S/c1-18(16,17)9-8-14(11-15)7-6-12-4-2-3-5-13(12)10-14/h2-5H,6-10H2,1H3. The molecule has 0 aliphatic heterocycles. The molecule has 0 heterocycles. The second kappa shape index (κ2) is 4.74. The molecule has 3 nitrogen and oxygen atoms in total. The Morgan fingerprint density at radius 3 is 2.61 bits per heavy atom. The number of hydrogen-bond donors (Lipinski definition) is 0. The molecule has 0 radical (unpaired) electrons. The predicted molar refractivity (Wildman–Crippen MR) is 70.8 cm³/mol. The van der Waals surface area contributed by atoms with Gasteiger partial charge in [-0.1, -0.05) is 24.3 Å². The number of aryl methyl sites for hydroxylation is 1. The molecular formula is C14H17NO2S. The lowest BCUT2D eigenvalue weighted by atomic mass is 9.71. The summed E-state index contributed by atoms with van der Waals surface area (Å²) in [5.74, 6) is 0.0999. The van der Waals surface area contributed by atoms with Gasteiger partial charge in [0.25, 0.3) is 0 Å². The van der Waals surface area contributed by atoms with E-state index in [-0.39, 0.29) is 5.75 Å². The fourth-order valence-corrected chi connectivity index (χ4v) is 3.31. The fourth-order valence-electron chi connectivity index (χ4n) is 2.55. The maximum Gasteiger partial charge on any atom is 0.147 e. The van der Waals surface area contributed by atoms with Gasteiger partial charge in [0, 0.05) is 6.26 Å². The van der Waals surface area contributed by atoms with Gasteiger partial charge < -0.3 is 0 Å². The van der Waals surface area contributed by atoms with E-state index in [4.69, 9.17) is 0 Å². The molecule has 0 spiro atoms. The first-order valence-electron chi connectivity index (χ1n) is 6.10. The topological polar surface area (TPSA) is 57.9 Å². The van der Waals surface area contributed by atoms with Gasteiger partial charge >= 0.3 is 0 Å². The van der Waals surface area contributed by atoms with Crippen LogP contribution in [0.3, 0.4) is 0 Å². The molecule has 2 rings (SSSR count). The average molecular weight is 263 g/mol. The minimum Gasteiger partial charge on any atom is -0.229 e. The zero-order valence-corrected chi connectivity index (χ0v) is 11.3. The van der Waals surface area contributed by atoms with Crippen molar-refractivity contribution in [2.24, 2.45) is 5.41 Å². The Bertz CT molecular complexity index is 586. The van der Waals surface area contributed by atoms with Crippen LogP contribution in [0.25, 0.3) is 0 Å². The summed E-state index contributed by atoms with van der Waals surface area (Å²) >= 11 is 0. The molecule has 0 bridgehead atoms. The number of fused-ring (bicyclic) bond motifs is 1. The first-order valence-corrected chi connectivity index (χ1v) is 8.16. The largest absolute Gasteiger partial charge is 0.229 e. The van der Waals surface area contributed by atoms with Crippen molar-refractivity contribution in [1.82, 2.24) is 0 Å². The van der Waals surface area contributed by atoms with Crippen LogP contribution in [0.4, 0.5) is 0 Å². The highest BCUT2D eigenvalue weighted by molar-refractivity contribution is 7.90. The number of sulfone groups is 1. The van der Waals surface area contributed by atoms with E-state index in [1.165, 1.54) is 17.4 Å². The third-order valence-corrected chi connectivity index (χ3v) is 4.65. The Morgan fingerprint density at radius 2 is 2.00 bits per heavy atom. The van der Waals surface area contributed by atoms with Crippen molar-refractivity contribution in [2.75, 3.05) is 12.0 Å². The van der Waals surface area contributed by atoms with Crippen LogP contribution in [-0.4, -0.2) is 20.4 Å². The molecule has 1 aliphatic rings. The number of benzene rings is 1. The molecule has 1 aromatic carbocycles. The molecule has 0 amide bonds. The normalized spacial score (nSPS) is 23.1. The molecule has 0 fully saturated rings. The van der Waals surface area contributed by atoms with Crippen LogP contribution in [0, 0.1) is 16.7 Å². The lowest BCUT2D eigenvalue weighted by Crippen LogP contribution is -2.29. The average Bonchev–Trinajstić information content (AvgIpc) is 2.35. The first-order chi connectivity index (χ1) is 8.44. The van der Waals surface area contributed by atoms with Gasteiger partial charge in [-0.2, -0.15) is 5.26 Å². The van der Waals surface area contributed by atoms with E-state index >= 15 is 0 Å². The van der Waals surface area contributed by atoms with Gasteiger partial charge in [0.15, 0.2) is 0 Å². The van der Waals surface area contributed by atoms with Crippen molar-refractivity contribution in [3.8, 4) is 6.07 Å². The highest BCUT2D eigenvalue weighted by atomic mass is 32.2. The fraction of sp³-hybridized carbons (Fsp3) is 0.500. The first kappa shape index (κ1) is 13.1. The monoisotopic (exact) mass is 263 g/mol. The number of hydrogen-bond acceptors (Lipinski definition) is 3. The maximum absolute atomic E-state index is 11.3. The van der Waals surface area contributed by atoms with Crippen molar-refractivity contribution in [2.45, 2.75) is 25.7 Å². The molecule has 1 aliphatic carbocycles. The van der Waals surface area contributed by atoms with Gasteiger partial charge in [-0.25, -0.2) is 8.42 Å². The molecule has 4 heteroatoms. The molecular weight excluding hydrogens is 246 g/mol. The van der Waals surface area contributed by atoms with Crippen LogP contribution in [0.2, 0.25) is 0 Å². The SMILES string of the molecule is CS(=O)(=O)CCC1(C#N)CCc2ccccc2C1. The summed E-state index contributed by atoms with van der Waals surface area (Å²) in [6.07, 6.45) is 3.98. The van der Waals surface area contributed by atoms with Gasteiger partial charge in [-0.15, -0.1) is 0 Å². The summed E-state index contributed by atoms with van der Waals surface area (Å²) < 4.78 is 22.5. The van der Waals surface area contributed by atoms with Crippen LogP contribution < -0.4 is 0 Å². The molecule has 0 saturated carbocycles. The van der Waals surface area contributed by atoms with E-state index in [0.29, 0.717) is 12.8 Å². The Kier molecular flexibility index (Phi) is 3.45. The van der Waals surface area contributed by atoms with Gasteiger partial charge in [0.05, 0.1) is 17.2 Å². The van der Waals surface area contributed by atoms with Crippen molar-refractivity contribution in [3.05, 3.63) is 35.4 Å². The van der Waals surface area contributed by atoms with E-state index in [0.717, 1.165) is 12.8 Å². The lowest BCUT2D eigenvalue weighted by molar-refractivity contribution is 0.330. The number of nitriles is 1. The molecule has 0 aromatic heterocycles. The molecule has 18 heavy (non-hydrogen) atoms.